The Labute approximate surface area is 171 Å². The SMILES string of the molecule is CN(Cc1ccc(OCC(=O)Nc2ccc(Cl)c(C(F)(F)F)c2)cc1)S(C)(=O)=O. The lowest BCUT2D eigenvalue weighted by Gasteiger charge is -2.14. The van der Waals surface area contributed by atoms with Gasteiger partial charge in [0.2, 0.25) is 10.0 Å². The van der Waals surface area contributed by atoms with E-state index in [1.807, 2.05) is 0 Å². The van der Waals surface area contributed by atoms with Crippen molar-refractivity contribution in [1.29, 1.82) is 0 Å². The van der Waals surface area contributed by atoms with E-state index in [4.69, 9.17) is 16.3 Å². The lowest BCUT2D eigenvalue weighted by molar-refractivity contribution is -0.137. The van der Waals surface area contributed by atoms with Crippen molar-refractivity contribution in [2.45, 2.75) is 12.7 Å². The van der Waals surface area contributed by atoms with E-state index in [2.05, 4.69) is 5.32 Å². The number of anilines is 1. The summed E-state index contributed by atoms with van der Waals surface area (Å²) in [5.74, 6) is -0.306. The van der Waals surface area contributed by atoms with Gasteiger partial charge in [-0.2, -0.15) is 13.2 Å². The number of amides is 1. The second kappa shape index (κ2) is 9.02. The topological polar surface area (TPSA) is 75.7 Å². The van der Waals surface area contributed by atoms with Crippen LogP contribution in [0.5, 0.6) is 5.75 Å². The van der Waals surface area contributed by atoms with Gasteiger partial charge in [0.1, 0.15) is 5.75 Å². The first-order chi connectivity index (χ1) is 13.4. The molecule has 0 aromatic heterocycles. The molecule has 0 saturated carbocycles. The Balaban J connectivity index is 1.93. The number of halogens is 4. The number of alkyl halides is 3. The average molecular weight is 451 g/mol. The van der Waals surface area contributed by atoms with Gasteiger partial charge in [0, 0.05) is 19.3 Å². The number of nitrogens with one attached hydrogen (secondary N) is 1. The van der Waals surface area contributed by atoms with Crippen molar-refractivity contribution < 1.29 is 31.1 Å². The Kier molecular flexibility index (Phi) is 7.15. The fraction of sp³-hybridized carbons (Fsp3) is 0.278. The predicted molar refractivity (Wildman–Crippen MR) is 103 cm³/mol. The first-order valence-electron chi connectivity index (χ1n) is 8.16. The number of nitrogens with zero attached hydrogens (tertiary/aromatic N) is 1. The first-order valence-corrected chi connectivity index (χ1v) is 10.4. The first kappa shape index (κ1) is 23.0. The van der Waals surface area contributed by atoms with E-state index in [0.717, 1.165) is 24.0 Å². The van der Waals surface area contributed by atoms with Crippen molar-refractivity contribution in [3.8, 4) is 5.75 Å². The van der Waals surface area contributed by atoms with Crippen LogP contribution in [0.3, 0.4) is 0 Å². The van der Waals surface area contributed by atoms with Crippen molar-refractivity contribution in [1.82, 2.24) is 4.31 Å². The molecule has 0 radical (unpaired) electrons. The summed E-state index contributed by atoms with van der Waals surface area (Å²) in [5.41, 5.74) is -0.391. The molecule has 0 aliphatic carbocycles. The summed E-state index contributed by atoms with van der Waals surface area (Å²) in [4.78, 5) is 11.9. The molecule has 0 heterocycles. The van der Waals surface area contributed by atoms with Gasteiger partial charge in [0.25, 0.3) is 5.91 Å². The zero-order valence-corrected chi connectivity index (χ0v) is 17.0. The lowest BCUT2D eigenvalue weighted by atomic mass is 10.2. The number of ether oxygens (including phenoxy) is 1. The van der Waals surface area contributed by atoms with Crippen LogP contribution in [-0.4, -0.2) is 38.5 Å². The number of carbonyl (C=O) groups excluding carboxylic acids is 1. The minimum atomic E-state index is -4.64. The molecule has 2 rings (SSSR count). The van der Waals surface area contributed by atoms with Gasteiger partial charge >= 0.3 is 6.18 Å². The molecule has 0 bridgehead atoms. The molecule has 2 aromatic carbocycles. The van der Waals surface area contributed by atoms with Crippen molar-refractivity contribution in [2.75, 3.05) is 25.2 Å². The Morgan fingerprint density at radius 3 is 2.34 bits per heavy atom. The smallest absolute Gasteiger partial charge is 0.417 e. The fourth-order valence-corrected chi connectivity index (χ4v) is 2.84. The van der Waals surface area contributed by atoms with Crippen LogP contribution in [0.15, 0.2) is 42.5 Å². The minimum absolute atomic E-state index is 0.0607. The summed E-state index contributed by atoms with van der Waals surface area (Å²) >= 11 is 5.53. The van der Waals surface area contributed by atoms with Gasteiger partial charge in [-0.1, -0.05) is 23.7 Å². The highest BCUT2D eigenvalue weighted by molar-refractivity contribution is 7.88. The van der Waals surface area contributed by atoms with Crippen LogP contribution >= 0.6 is 11.6 Å². The molecule has 1 amide bonds. The molecular formula is C18H18ClF3N2O4S. The highest BCUT2D eigenvalue weighted by Crippen LogP contribution is 2.36. The Bertz CT molecular complexity index is 980. The van der Waals surface area contributed by atoms with Gasteiger partial charge in [0.15, 0.2) is 6.61 Å². The van der Waals surface area contributed by atoms with Crippen LogP contribution in [-0.2, 0) is 27.5 Å². The molecule has 0 unspecified atom stereocenters. The highest BCUT2D eigenvalue weighted by atomic mass is 35.5. The summed E-state index contributed by atoms with van der Waals surface area (Å²) in [5, 5.41) is 1.85. The maximum absolute atomic E-state index is 12.9. The normalized spacial score (nSPS) is 12.1. The monoisotopic (exact) mass is 450 g/mol. The van der Waals surface area contributed by atoms with Crippen molar-refractivity contribution in [3.05, 3.63) is 58.6 Å². The number of benzene rings is 2. The number of sulfonamides is 1. The molecule has 2 aromatic rings. The molecule has 1 N–H and O–H groups in total. The quantitative estimate of drug-likeness (QED) is 0.696. The Hall–Kier alpha value is -2.30. The van der Waals surface area contributed by atoms with Crippen molar-refractivity contribution in [2.24, 2.45) is 0 Å². The maximum atomic E-state index is 12.9. The van der Waals surface area contributed by atoms with Crippen LogP contribution in [0.25, 0.3) is 0 Å². The molecule has 0 aliphatic heterocycles. The van der Waals surface area contributed by atoms with E-state index in [0.29, 0.717) is 5.75 Å². The van der Waals surface area contributed by atoms with Crippen LogP contribution in [0.2, 0.25) is 5.02 Å². The third kappa shape index (κ3) is 6.91. The largest absolute Gasteiger partial charge is 0.484 e. The van der Waals surface area contributed by atoms with E-state index in [1.54, 1.807) is 24.3 Å². The molecule has 158 valence electrons. The summed E-state index contributed by atoms with van der Waals surface area (Å²) < 4.78 is 67.9. The van der Waals surface area contributed by atoms with Crippen LogP contribution < -0.4 is 10.1 Å². The molecule has 6 nitrogen and oxygen atoms in total. The Morgan fingerprint density at radius 1 is 1.17 bits per heavy atom. The number of hydrogen-bond acceptors (Lipinski definition) is 4. The molecule has 0 fully saturated rings. The van der Waals surface area contributed by atoms with Gasteiger partial charge < -0.3 is 10.1 Å². The van der Waals surface area contributed by atoms with E-state index in [9.17, 15) is 26.4 Å². The summed E-state index contributed by atoms with van der Waals surface area (Å²) in [7, 11) is -1.86. The lowest BCUT2D eigenvalue weighted by Crippen LogP contribution is -2.24. The van der Waals surface area contributed by atoms with Gasteiger partial charge in [-0.25, -0.2) is 12.7 Å². The third-order valence-corrected chi connectivity index (χ3v) is 5.41. The molecule has 0 aliphatic rings. The fourth-order valence-electron chi connectivity index (χ4n) is 2.23. The highest BCUT2D eigenvalue weighted by Gasteiger charge is 2.33. The standard InChI is InChI=1S/C18H18ClF3N2O4S/c1-24(29(2,26)27)10-12-3-6-14(7-4-12)28-11-17(25)23-13-5-8-16(19)15(9-13)18(20,21)22/h3-9H,10-11H2,1-2H3,(H,23,25). The third-order valence-electron chi connectivity index (χ3n) is 3.82. The maximum Gasteiger partial charge on any atom is 0.417 e. The number of rotatable bonds is 7. The molecule has 0 saturated heterocycles. The van der Waals surface area contributed by atoms with Crippen molar-refractivity contribution in [3.63, 3.8) is 0 Å². The predicted octanol–water partition coefficient (Wildman–Crippen LogP) is 3.77. The average Bonchev–Trinajstić information content (AvgIpc) is 2.61. The summed E-state index contributed by atoms with van der Waals surface area (Å²) in [6.45, 7) is -0.246. The summed E-state index contributed by atoms with van der Waals surface area (Å²) in [6.07, 6.45) is -3.54. The molecule has 0 atom stereocenters. The Morgan fingerprint density at radius 2 is 1.79 bits per heavy atom. The molecule has 11 heteroatoms. The number of carbonyl (C=O) groups is 1. The molecule has 29 heavy (non-hydrogen) atoms. The van der Waals surface area contributed by atoms with Gasteiger partial charge in [-0.3, -0.25) is 4.79 Å². The van der Waals surface area contributed by atoms with Crippen LogP contribution in [0.4, 0.5) is 18.9 Å². The van der Waals surface area contributed by atoms with Crippen LogP contribution in [0, 0.1) is 0 Å². The summed E-state index contributed by atoms with van der Waals surface area (Å²) in [6, 6.07) is 9.45. The second-order valence-corrected chi connectivity index (χ2v) is 8.69. The molecule has 0 spiro atoms. The van der Waals surface area contributed by atoms with Gasteiger partial charge in [-0.05, 0) is 35.9 Å². The van der Waals surface area contributed by atoms with E-state index in [-0.39, 0.29) is 12.2 Å². The number of hydrogen-bond donors (Lipinski definition) is 1. The van der Waals surface area contributed by atoms with Crippen molar-refractivity contribution >= 4 is 33.2 Å². The van der Waals surface area contributed by atoms with Gasteiger partial charge in [0.05, 0.1) is 16.8 Å². The second-order valence-electron chi connectivity index (χ2n) is 6.19. The van der Waals surface area contributed by atoms with E-state index >= 15 is 0 Å². The zero-order chi connectivity index (χ0) is 21.8. The molecular weight excluding hydrogens is 433 g/mol. The van der Waals surface area contributed by atoms with Gasteiger partial charge in [-0.15, -0.1) is 0 Å². The van der Waals surface area contributed by atoms with Crippen LogP contribution in [0.1, 0.15) is 11.1 Å². The van der Waals surface area contributed by atoms with E-state index in [1.165, 1.54) is 17.4 Å². The van der Waals surface area contributed by atoms with E-state index < -0.39 is 39.3 Å². The minimum Gasteiger partial charge on any atom is -0.484 e. The zero-order valence-electron chi connectivity index (χ0n) is 15.5.